The first-order valence-electron chi connectivity index (χ1n) is 5.38. The maximum absolute atomic E-state index is 11.4. The van der Waals surface area contributed by atoms with Crippen molar-refractivity contribution in [3.8, 4) is 0 Å². The highest BCUT2D eigenvalue weighted by atomic mass is 32.2. The maximum atomic E-state index is 11.4. The first-order chi connectivity index (χ1) is 8.39. The Labute approximate surface area is 110 Å². The first kappa shape index (κ1) is 13.2. The summed E-state index contributed by atoms with van der Waals surface area (Å²) in [5, 5.41) is 14.6. The molecule has 0 aliphatic heterocycles. The summed E-state index contributed by atoms with van der Waals surface area (Å²) in [6, 6.07) is 3.85. The number of nitrogens with zero attached hydrogens (tertiary/aromatic N) is 3. The molecule has 0 aliphatic carbocycles. The van der Waals surface area contributed by atoms with Crippen LogP contribution in [0.15, 0.2) is 22.7 Å². The molecule has 0 atom stereocenters. The minimum Gasteiger partial charge on any atom is -0.298 e. The van der Waals surface area contributed by atoms with Crippen LogP contribution in [-0.4, -0.2) is 23.2 Å². The van der Waals surface area contributed by atoms with Crippen LogP contribution < -0.4 is 5.14 Å². The van der Waals surface area contributed by atoms with Gasteiger partial charge in [-0.25, -0.2) is 13.6 Å². The predicted octanol–water partition coefficient (Wildman–Crippen LogP) is 1.16. The molecule has 0 aromatic carbocycles. The maximum Gasteiger partial charge on any atom is 0.273 e. The molecule has 18 heavy (non-hydrogen) atoms. The quantitative estimate of drug-likeness (QED) is 0.913. The van der Waals surface area contributed by atoms with Gasteiger partial charge in [-0.15, -0.1) is 21.5 Å². The molecule has 0 radical (unpaired) electrons. The lowest BCUT2D eigenvalue weighted by Crippen LogP contribution is -2.20. The van der Waals surface area contributed by atoms with Gasteiger partial charge in [-0.05, 0) is 25.3 Å². The smallest absolute Gasteiger partial charge is 0.273 e. The van der Waals surface area contributed by atoms with Crippen LogP contribution in [0.3, 0.4) is 0 Å². The lowest BCUT2D eigenvalue weighted by atomic mass is 10.3. The lowest BCUT2D eigenvalue weighted by Gasteiger charge is -2.12. The van der Waals surface area contributed by atoms with Crippen molar-refractivity contribution in [3.63, 3.8) is 0 Å². The Morgan fingerprint density at radius 2 is 2.17 bits per heavy atom. The number of sulfonamides is 1. The van der Waals surface area contributed by atoms with Gasteiger partial charge in [0.05, 0.1) is 0 Å². The van der Waals surface area contributed by atoms with Crippen molar-refractivity contribution in [3.05, 3.63) is 28.2 Å². The Balaban J connectivity index is 2.46. The van der Waals surface area contributed by atoms with Gasteiger partial charge in [0.25, 0.3) is 15.2 Å². The molecule has 0 fully saturated rings. The van der Waals surface area contributed by atoms with E-state index in [2.05, 4.69) is 10.2 Å². The van der Waals surface area contributed by atoms with Crippen LogP contribution in [0, 0.1) is 0 Å². The van der Waals surface area contributed by atoms with Crippen molar-refractivity contribution in [1.82, 2.24) is 14.8 Å². The molecule has 2 aromatic rings. The van der Waals surface area contributed by atoms with Gasteiger partial charge < -0.3 is 0 Å². The van der Waals surface area contributed by atoms with Gasteiger partial charge in [-0.3, -0.25) is 4.57 Å². The van der Waals surface area contributed by atoms with E-state index in [0.29, 0.717) is 12.2 Å². The predicted molar refractivity (Wildman–Crippen MR) is 68.9 cm³/mol. The largest absolute Gasteiger partial charge is 0.298 e. The lowest BCUT2D eigenvalue weighted by molar-refractivity contribution is 0.508. The molecular formula is C10H14N4O2S2. The average molecular weight is 286 g/mol. The Morgan fingerprint density at radius 3 is 2.67 bits per heavy atom. The van der Waals surface area contributed by atoms with Gasteiger partial charge in [0.1, 0.15) is 5.82 Å². The molecule has 0 saturated heterocycles. The summed E-state index contributed by atoms with van der Waals surface area (Å²) in [4.78, 5) is 1.10. The third-order valence-electron chi connectivity index (χ3n) is 2.42. The van der Waals surface area contributed by atoms with Crippen molar-refractivity contribution in [2.24, 2.45) is 5.14 Å². The Kier molecular flexibility index (Phi) is 3.51. The third-order valence-corrected chi connectivity index (χ3v) is 4.08. The van der Waals surface area contributed by atoms with Crippen LogP contribution in [0.2, 0.25) is 0 Å². The molecule has 6 nitrogen and oxygen atoms in total. The molecule has 8 heteroatoms. The van der Waals surface area contributed by atoms with Crippen molar-refractivity contribution >= 4 is 21.4 Å². The highest BCUT2D eigenvalue weighted by molar-refractivity contribution is 7.89. The summed E-state index contributed by atoms with van der Waals surface area (Å²) in [6.07, 6.45) is 0.554. The second-order valence-corrected chi connectivity index (χ2v) is 6.65. The summed E-state index contributed by atoms with van der Waals surface area (Å²) >= 11 is 1.59. The van der Waals surface area contributed by atoms with Crippen molar-refractivity contribution in [2.45, 2.75) is 31.5 Å². The minimum absolute atomic E-state index is 0.0664. The molecule has 2 heterocycles. The van der Waals surface area contributed by atoms with Gasteiger partial charge in [-0.2, -0.15) is 0 Å². The van der Waals surface area contributed by atoms with Gasteiger partial charge in [-0.1, -0.05) is 6.07 Å². The molecule has 0 aliphatic rings. The first-order valence-corrected chi connectivity index (χ1v) is 7.81. The second kappa shape index (κ2) is 4.79. The van der Waals surface area contributed by atoms with Gasteiger partial charge in [0.2, 0.25) is 0 Å². The van der Waals surface area contributed by atoms with E-state index < -0.39 is 10.0 Å². The van der Waals surface area contributed by atoms with Crippen molar-refractivity contribution < 1.29 is 8.42 Å². The van der Waals surface area contributed by atoms with E-state index in [1.54, 1.807) is 15.9 Å². The van der Waals surface area contributed by atoms with E-state index >= 15 is 0 Å². The zero-order valence-corrected chi connectivity index (χ0v) is 11.7. The Hall–Kier alpha value is -1.25. The number of hydrogen-bond acceptors (Lipinski definition) is 5. The Morgan fingerprint density at radius 1 is 1.44 bits per heavy atom. The number of rotatable bonds is 4. The number of thiophene rings is 1. The fourth-order valence-corrected chi connectivity index (χ4v) is 3.16. The molecule has 0 spiro atoms. The van der Waals surface area contributed by atoms with Crippen LogP contribution in [0.25, 0.3) is 0 Å². The van der Waals surface area contributed by atoms with E-state index in [9.17, 15) is 8.42 Å². The molecular weight excluding hydrogens is 272 g/mol. The monoisotopic (exact) mass is 286 g/mol. The molecule has 0 bridgehead atoms. The summed E-state index contributed by atoms with van der Waals surface area (Å²) in [5.41, 5.74) is 0. The zero-order chi connectivity index (χ0) is 13.3. The molecule has 2 N–H and O–H groups in total. The van der Waals surface area contributed by atoms with Crippen LogP contribution >= 0.6 is 11.3 Å². The van der Waals surface area contributed by atoms with Crippen LogP contribution in [-0.2, 0) is 16.4 Å². The molecule has 2 rings (SSSR count). The van der Waals surface area contributed by atoms with E-state index in [0.717, 1.165) is 4.88 Å². The van der Waals surface area contributed by atoms with Crippen LogP contribution in [0.1, 0.15) is 30.6 Å². The topological polar surface area (TPSA) is 90.9 Å². The summed E-state index contributed by atoms with van der Waals surface area (Å²) in [5.74, 6) is 0.608. The second-order valence-electron chi connectivity index (χ2n) is 4.16. The summed E-state index contributed by atoms with van der Waals surface area (Å²) < 4.78 is 24.4. The van der Waals surface area contributed by atoms with E-state index in [1.807, 2.05) is 31.4 Å². The fraction of sp³-hybridized carbons (Fsp3) is 0.400. The summed E-state index contributed by atoms with van der Waals surface area (Å²) in [6.45, 7) is 3.74. The molecule has 98 valence electrons. The normalized spacial score (nSPS) is 12.2. The fourth-order valence-electron chi connectivity index (χ4n) is 1.71. The van der Waals surface area contributed by atoms with E-state index in [-0.39, 0.29) is 11.2 Å². The molecule has 2 aromatic heterocycles. The van der Waals surface area contributed by atoms with Crippen LogP contribution in [0.4, 0.5) is 0 Å². The van der Waals surface area contributed by atoms with Crippen LogP contribution in [0.5, 0.6) is 0 Å². The van der Waals surface area contributed by atoms with E-state index in [4.69, 9.17) is 5.14 Å². The highest BCUT2D eigenvalue weighted by Gasteiger charge is 2.22. The van der Waals surface area contributed by atoms with E-state index in [1.165, 1.54) is 0 Å². The number of hydrogen-bond donors (Lipinski definition) is 1. The minimum atomic E-state index is -3.84. The number of nitrogens with two attached hydrogens (primary N) is 1. The average Bonchev–Trinajstić information content (AvgIpc) is 2.85. The SMILES string of the molecule is CC(C)n1c(Cc2cccs2)nnc1S(N)(=O)=O. The third kappa shape index (κ3) is 2.60. The Bertz CT molecular complexity index is 629. The van der Waals surface area contributed by atoms with Gasteiger partial charge in [0.15, 0.2) is 0 Å². The molecule has 0 amide bonds. The zero-order valence-electron chi connectivity index (χ0n) is 10.1. The van der Waals surface area contributed by atoms with Gasteiger partial charge >= 0.3 is 0 Å². The highest BCUT2D eigenvalue weighted by Crippen LogP contribution is 2.19. The molecule has 0 unspecified atom stereocenters. The number of primary sulfonamides is 1. The molecule has 0 saturated carbocycles. The van der Waals surface area contributed by atoms with Crippen molar-refractivity contribution in [2.75, 3.05) is 0 Å². The standard InChI is InChI=1S/C10H14N4O2S2/c1-7(2)14-9(6-8-4-3-5-17-8)12-13-10(14)18(11,15)16/h3-5,7H,6H2,1-2H3,(H2,11,15,16). The number of aromatic nitrogens is 3. The van der Waals surface area contributed by atoms with Gasteiger partial charge in [0, 0.05) is 17.3 Å². The summed E-state index contributed by atoms with van der Waals surface area (Å²) in [7, 11) is -3.84. The van der Waals surface area contributed by atoms with Crippen molar-refractivity contribution in [1.29, 1.82) is 0 Å².